The molecule has 1 amide bonds. The summed E-state index contributed by atoms with van der Waals surface area (Å²) in [5.74, 6) is -1.01. The molecule has 176 valence electrons. The number of aromatic nitrogens is 2. The standard InChI is InChI=1S/C24H22ClN3O6/c1-27-14-16(23(31)28(2)24(27)32)9-12-20(29)34-21(15-7-5-4-6-8-15)22(30)26-17-10-11-19(33-3)18(25)13-17/h4-14,21H,1-3H3,(H,26,30)/b12-9+. The lowest BCUT2D eigenvalue weighted by Gasteiger charge is -2.17. The monoisotopic (exact) mass is 483 g/mol. The number of esters is 1. The van der Waals surface area contributed by atoms with Crippen LogP contribution in [0.4, 0.5) is 5.69 Å². The van der Waals surface area contributed by atoms with E-state index in [2.05, 4.69) is 5.32 Å². The molecule has 0 aliphatic rings. The first-order chi connectivity index (χ1) is 16.2. The Morgan fingerprint density at radius 3 is 2.44 bits per heavy atom. The number of halogens is 1. The van der Waals surface area contributed by atoms with Crippen molar-refractivity contribution in [2.75, 3.05) is 12.4 Å². The lowest BCUT2D eigenvalue weighted by Crippen LogP contribution is -2.37. The molecule has 0 aliphatic heterocycles. The van der Waals surface area contributed by atoms with Gasteiger partial charge < -0.3 is 19.4 Å². The van der Waals surface area contributed by atoms with E-state index in [1.54, 1.807) is 42.5 Å². The summed E-state index contributed by atoms with van der Waals surface area (Å²) in [6.07, 6.45) is 2.29. The average Bonchev–Trinajstić information content (AvgIpc) is 2.83. The minimum atomic E-state index is -1.28. The molecule has 1 heterocycles. The molecule has 1 unspecified atom stereocenters. The van der Waals surface area contributed by atoms with Gasteiger partial charge in [-0.05, 0) is 24.3 Å². The average molecular weight is 484 g/mol. The van der Waals surface area contributed by atoms with Crippen LogP contribution in [0.1, 0.15) is 17.2 Å². The number of ether oxygens (including phenoxy) is 2. The summed E-state index contributed by atoms with van der Waals surface area (Å²) in [4.78, 5) is 49.6. The maximum atomic E-state index is 13.0. The van der Waals surface area contributed by atoms with Crippen molar-refractivity contribution in [1.29, 1.82) is 0 Å². The fraction of sp³-hybridized carbons (Fsp3) is 0.167. The SMILES string of the molecule is COc1ccc(NC(=O)C(OC(=O)/C=C/c2cn(C)c(=O)n(C)c2=O)c2ccccc2)cc1Cl. The number of carbonyl (C=O) groups is 2. The summed E-state index contributed by atoms with van der Waals surface area (Å²) < 4.78 is 12.7. The quantitative estimate of drug-likeness (QED) is 0.409. The second-order valence-corrected chi connectivity index (χ2v) is 7.65. The molecule has 0 aliphatic carbocycles. The van der Waals surface area contributed by atoms with Crippen molar-refractivity contribution < 1.29 is 19.1 Å². The van der Waals surface area contributed by atoms with Crippen molar-refractivity contribution >= 4 is 35.2 Å². The predicted octanol–water partition coefficient (Wildman–Crippen LogP) is 2.68. The number of amides is 1. The highest BCUT2D eigenvalue weighted by atomic mass is 35.5. The maximum absolute atomic E-state index is 13.0. The molecular weight excluding hydrogens is 462 g/mol. The highest BCUT2D eigenvalue weighted by molar-refractivity contribution is 6.32. The summed E-state index contributed by atoms with van der Waals surface area (Å²) in [7, 11) is 4.29. The zero-order valence-electron chi connectivity index (χ0n) is 18.7. The molecule has 1 N–H and O–H groups in total. The van der Waals surface area contributed by atoms with Gasteiger partial charge in [0.2, 0.25) is 6.10 Å². The van der Waals surface area contributed by atoms with Crippen LogP contribution in [-0.4, -0.2) is 28.1 Å². The van der Waals surface area contributed by atoms with E-state index in [1.165, 1.54) is 44.1 Å². The molecule has 10 heteroatoms. The van der Waals surface area contributed by atoms with E-state index in [0.29, 0.717) is 22.0 Å². The van der Waals surface area contributed by atoms with E-state index in [1.807, 2.05) is 0 Å². The summed E-state index contributed by atoms with van der Waals surface area (Å²) in [5.41, 5.74) is -0.128. The van der Waals surface area contributed by atoms with Crippen LogP contribution in [0.5, 0.6) is 5.75 Å². The van der Waals surface area contributed by atoms with Crippen LogP contribution in [0.2, 0.25) is 5.02 Å². The van der Waals surface area contributed by atoms with Crippen LogP contribution >= 0.6 is 11.6 Å². The Kier molecular flexibility index (Phi) is 7.70. The summed E-state index contributed by atoms with van der Waals surface area (Å²) in [6, 6.07) is 13.2. The van der Waals surface area contributed by atoms with Gasteiger partial charge in [-0.1, -0.05) is 41.9 Å². The molecule has 34 heavy (non-hydrogen) atoms. The molecule has 0 radical (unpaired) electrons. The predicted molar refractivity (Wildman–Crippen MR) is 128 cm³/mol. The maximum Gasteiger partial charge on any atom is 0.331 e. The minimum Gasteiger partial charge on any atom is -0.495 e. The van der Waals surface area contributed by atoms with Crippen LogP contribution in [-0.2, 0) is 28.4 Å². The number of carbonyl (C=O) groups excluding carboxylic acids is 2. The van der Waals surface area contributed by atoms with Gasteiger partial charge in [-0.25, -0.2) is 9.59 Å². The number of hydrogen-bond donors (Lipinski definition) is 1. The third-order valence-corrected chi connectivity index (χ3v) is 5.16. The van der Waals surface area contributed by atoms with Crippen molar-refractivity contribution in [1.82, 2.24) is 9.13 Å². The molecule has 1 aromatic heterocycles. The topological polar surface area (TPSA) is 109 Å². The van der Waals surface area contributed by atoms with Crippen molar-refractivity contribution in [2.24, 2.45) is 14.1 Å². The second kappa shape index (κ2) is 10.7. The van der Waals surface area contributed by atoms with E-state index >= 15 is 0 Å². The first-order valence-corrected chi connectivity index (χ1v) is 10.4. The minimum absolute atomic E-state index is 0.107. The first kappa shape index (κ1) is 24.5. The van der Waals surface area contributed by atoms with Gasteiger partial charge in [0.1, 0.15) is 5.75 Å². The van der Waals surface area contributed by atoms with E-state index in [0.717, 1.165) is 10.6 Å². The summed E-state index contributed by atoms with van der Waals surface area (Å²) >= 11 is 6.12. The highest BCUT2D eigenvalue weighted by Crippen LogP contribution is 2.28. The molecule has 0 saturated heterocycles. The van der Waals surface area contributed by atoms with Crippen molar-refractivity contribution in [3.8, 4) is 5.75 Å². The largest absolute Gasteiger partial charge is 0.495 e. The van der Waals surface area contributed by atoms with Gasteiger partial charge in [0.05, 0.1) is 17.7 Å². The number of nitrogens with zero attached hydrogens (tertiary/aromatic N) is 2. The van der Waals surface area contributed by atoms with E-state index < -0.39 is 29.2 Å². The third kappa shape index (κ3) is 5.62. The zero-order valence-corrected chi connectivity index (χ0v) is 19.4. The van der Waals surface area contributed by atoms with E-state index in [9.17, 15) is 19.2 Å². The number of anilines is 1. The Bertz CT molecular complexity index is 1360. The van der Waals surface area contributed by atoms with Crippen molar-refractivity contribution in [3.63, 3.8) is 0 Å². The first-order valence-electron chi connectivity index (χ1n) is 10.1. The molecule has 0 saturated carbocycles. The number of benzene rings is 2. The number of hydrogen-bond acceptors (Lipinski definition) is 6. The Hall–Kier alpha value is -4.11. The van der Waals surface area contributed by atoms with Gasteiger partial charge >= 0.3 is 11.7 Å². The second-order valence-electron chi connectivity index (χ2n) is 7.24. The van der Waals surface area contributed by atoms with Crippen LogP contribution < -0.4 is 21.3 Å². The highest BCUT2D eigenvalue weighted by Gasteiger charge is 2.24. The number of aryl methyl sites for hydroxylation is 1. The van der Waals surface area contributed by atoms with Crippen molar-refractivity contribution in [3.05, 3.63) is 97.8 Å². The lowest BCUT2D eigenvalue weighted by atomic mass is 10.1. The Morgan fingerprint density at radius 1 is 1.09 bits per heavy atom. The summed E-state index contributed by atoms with van der Waals surface area (Å²) in [6.45, 7) is 0. The fourth-order valence-corrected chi connectivity index (χ4v) is 3.37. The van der Waals surface area contributed by atoms with E-state index in [-0.39, 0.29) is 5.56 Å². The third-order valence-electron chi connectivity index (χ3n) is 4.87. The van der Waals surface area contributed by atoms with Gasteiger partial charge in [0, 0.05) is 37.6 Å². The normalized spacial score (nSPS) is 11.8. The molecule has 3 aromatic rings. The molecule has 0 fully saturated rings. The van der Waals surface area contributed by atoms with Crippen LogP contribution in [0.3, 0.4) is 0 Å². The molecule has 2 aromatic carbocycles. The van der Waals surface area contributed by atoms with Crippen LogP contribution in [0.15, 0.2) is 70.4 Å². The van der Waals surface area contributed by atoms with Crippen LogP contribution in [0, 0.1) is 0 Å². The Labute approximate surface area is 199 Å². The molecular formula is C24H22ClN3O6. The molecule has 0 spiro atoms. The number of methoxy groups -OCH3 is 1. The van der Waals surface area contributed by atoms with Crippen molar-refractivity contribution in [2.45, 2.75) is 6.10 Å². The fourth-order valence-electron chi connectivity index (χ4n) is 3.12. The molecule has 9 nitrogen and oxygen atoms in total. The summed E-state index contributed by atoms with van der Waals surface area (Å²) in [5, 5.41) is 2.97. The Morgan fingerprint density at radius 2 is 1.79 bits per heavy atom. The molecule has 3 rings (SSSR count). The van der Waals surface area contributed by atoms with Crippen LogP contribution in [0.25, 0.3) is 6.08 Å². The van der Waals surface area contributed by atoms with Gasteiger partial charge in [0.25, 0.3) is 11.5 Å². The number of rotatable bonds is 7. The smallest absolute Gasteiger partial charge is 0.331 e. The molecule has 0 bridgehead atoms. The Balaban J connectivity index is 1.83. The molecule has 1 atom stereocenters. The van der Waals surface area contributed by atoms with Gasteiger partial charge in [0.15, 0.2) is 0 Å². The van der Waals surface area contributed by atoms with Gasteiger partial charge in [-0.2, -0.15) is 0 Å². The van der Waals surface area contributed by atoms with E-state index in [4.69, 9.17) is 21.1 Å². The number of nitrogens with one attached hydrogen (secondary N) is 1. The zero-order chi connectivity index (χ0) is 24.8. The lowest BCUT2D eigenvalue weighted by molar-refractivity contribution is -0.149. The van der Waals surface area contributed by atoms with Gasteiger partial charge in [-0.3, -0.25) is 14.2 Å². The van der Waals surface area contributed by atoms with Gasteiger partial charge in [-0.15, -0.1) is 0 Å².